The van der Waals surface area contributed by atoms with E-state index in [0.717, 1.165) is 0 Å². The molecule has 13 atom stereocenters. The highest BCUT2D eigenvalue weighted by Crippen LogP contribution is 2.40. The molecule has 3 aliphatic rings. The van der Waals surface area contributed by atoms with Crippen LogP contribution in [-0.4, -0.2) is 126 Å². The zero-order chi connectivity index (χ0) is 37.9. The molecule has 3 fully saturated rings. The van der Waals surface area contributed by atoms with E-state index >= 15 is 0 Å². The van der Waals surface area contributed by atoms with E-state index in [9.17, 15) is 34.4 Å². The number of Topliss-reactive ketones (excluding diaryl/α,β-unsaturated/α-hetero) is 2. The van der Waals surface area contributed by atoms with Crippen LogP contribution in [0.5, 0.6) is 0 Å². The summed E-state index contributed by atoms with van der Waals surface area (Å²) in [5, 5.41) is 26.8. The highest BCUT2D eigenvalue weighted by atomic mass is 16.7. The number of hydrogen-bond acceptors (Lipinski definition) is 14. The van der Waals surface area contributed by atoms with E-state index < -0.39 is 107 Å². The number of carbonyl (C=O) groups is 4. The third-order valence-corrected chi connectivity index (χ3v) is 10.3. The summed E-state index contributed by atoms with van der Waals surface area (Å²) in [5.41, 5.74) is -3.53. The first-order chi connectivity index (χ1) is 23.1. The molecule has 50 heavy (non-hydrogen) atoms. The van der Waals surface area contributed by atoms with Crippen molar-refractivity contribution in [3.63, 3.8) is 0 Å². The van der Waals surface area contributed by atoms with E-state index in [2.05, 4.69) is 5.10 Å². The summed E-state index contributed by atoms with van der Waals surface area (Å²) < 4.78 is 36.8. The number of nitro groups is 1. The van der Waals surface area contributed by atoms with Crippen LogP contribution < -0.4 is 0 Å². The molecule has 0 amide bonds. The van der Waals surface area contributed by atoms with Crippen LogP contribution in [0.4, 0.5) is 0 Å². The number of esters is 2. The Labute approximate surface area is 293 Å². The van der Waals surface area contributed by atoms with Gasteiger partial charge in [-0.1, -0.05) is 27.7 Å². The lowest BCUT2D eigenvalue weighted by atomic mass is 9.74. The molecule has 0 aromatic carbocycles. The van der Waals surface area contributed by atoms with E-state index in [1.165, 1.54) is 20.8 Å². The smallest absolute Gasteiger partial charge is 0.316 e. The Morgan fingerprint density at radius 3 is 2.30 bits per heavy atom. The minimum Gasteiger partial charge on any atom is -0.459 e. The molecule has 1 N–H and O–H groups in total. The Morgan fingerprint density at radius 2 is 1.74 bits per heavy atom. The molecular formula is C34H55N3O13. The van der Waals surface area contributed by atoms with Gasteiger partial charge < -0.3 is 38.4 Å². The molecule has 16 heteroatoms. The predicted octanol–water partition coefficient (Wildman–Crippen LogP) is 2.33. The number of cyclic esters (lactones) is 1. The maximum atomic E-state index is 14.2. The molecule has 0 unspecified atom stereocenters. The third-order valence-electron chi connectivity index (χ3n) is 10.3. The lowest BCUT2D eigenvalue weighted by molar-refractivity contribution is -0.485. The molecule has 3 aliphatic heterocycles. The number of rotatable bonds is 6. The van der Waals surface area contributed by atoms with E-state index in [1.54, 1.807) is 34.6 Å². The Balaban J connectivity index is 2.32. The van der Waals surface area contributed by atoms with Gasteiger partial charge in [0, 0.05) is 24.7 Å². The molecule has 2 bridgehead atoms. The Morgan fingerprint density at radius 1 is 1.10 bits per heavy atom. The summed E-state index contributed by atoms with van der Waals surface area (Å²) in [4.78, 5) is 67.4. The highest BCUT2D eigenvalue weighted by Gasteiger charge is 2.54. The zero-order valence-corrected chi connectivity index (χ0v) is 31.1. The first kappa shape index (κ1) is 41.5. The number of nitrogens with zero attached hydrogens (tertiary/aromatic N) is 3. The van der Waals surface area contributed by atoms with Crippen molar-refractivity contribution in [3.05, 3.63) is 10.1 Å². The second-order valence-corrected chi connectivity index (χ2v) is 14.7. The van der Waals surface area contributed by atoms with E-state index in [-0.39, 0.29) is 30.7 Å². The van der Waals surface area contributed by atoms with Crippen molar-refractivity contribution in [2.75, 3.05) is 27.3 Å². The first-order valence-corrected chi connectivity index (χ1v) is 17.3. The molecule has 0 aromatic rings. The normalized spacial score (nSPS) is 41.9. The number of aliphatic hydroxyl groups is 1. The lowest BCUT2D eigenvalue weighted by Gasteiger charge is -2.48. The largest absolute Gasteiger partial charge is 0.459 e. The number of fused-ring (bicyclic) bond motifs is 5. The van der Waals surface area contributed by atoms with E-state index in [1.807, 2.05) is 25.9 Å². The topological polar surface area (TPSA) is 203 Å². The van der Waals surface area contributed by atoms with Crippen LogP contribution in [0.25, 0.3) is 0 Å². The second kappa shape index (κ2) is 16.6. The van der Waals surface area contributed by atoms with Gasteiger partial charge >= 0.3 is 11.9 Å². The molecule has 0 aromatic heterocycles. The predicted molar refractivity (Wildman–Crippen MR) is 177 cm³/mol. The van der Waals surface area contributed by atoms with Crippen LogP contribution in [0.3, 0.4) is 0 Å². The average molecular weight is 714 g/mol. The number of carbonyl (C=O) groups excluding carboxylic acids is 4. The fourth-order valence-corrected chi connectivity index (χ4v) is 7.74. The van der Waals surface area contributed by atoms with Crippen molar-refractivity contribution in [3.8, 4) is 0 Å². The summed E-state index contributed by atoms with van der Waals surface area (Å²) in [7, 11) is 3.65. The fourth-order valence-electron chi connectivity index (χ4n) is 7.74. The highest BCUT2D eigenvalue weighted by molar-refractivity contribution is 6.00. The summed E-state index contributed by atoms with van der Waals surface area (Å²) in [6, 6.07) is -0.347. The van der Waals surface area contributed by atoms with Gasteiger partial charge in [0.2, 0.25) is 0 Å². The van der Waals surface area contributed by atoms with Crippen LogP contribution in [0.1, 0.15) is 81.6 Å². The molecule has 16 nitrogen and oxygen atoms in total. The zero-order valence-electron chi connectivity index (χ0n) is 31.1. The summed E-state index contributed by atoms with van der Waals surface area (Å²) in [6.45, 7) is 12.9. The number of hydrazone groups is 1. The van der Waals surface area contributed by atoms with Crippen LogP contribution in [0.15, 0.2) is 5.10 Å². The Hall–Kier alpha value is -2.89. The van der Waals surface area contributed by atoms with E-state index in [0.29, 0.717) is 6.42 Å². The van der Waals surface area contributed by atoms with Crippen LogP contribution >= 0.6 is 0 Å². The maximum absolute atomic E-state index is 14.2. The van der Waals surface area contributed by atoms with Gasteiger partial charge in [-0.2, -0.15) is 0 Å². The summed E-state index contributed by atoms with van der Waals surface area (Å²) >= 11 is 0. The van der Waals surface area contributed by atoms with Crippen molar-refractivity contribution in [1.82, 2.24) is 4.90 Å². The van der Waals surface area contributed by atoms with Gasteiger partial charge in [0.25, 0.3) is 0 Å². The van der Waals surface area contributed by atoms with Crippen LogP contribution in [0.2, 0.25) is 0 Å². The standard InChI is InChI=1S/C34H55N3O13/c1-12-25-34(9,42)30-19(4)26(35-37(43)44)17(2)14-33(8,46-16-23(39)15-45-30)29(20(5)27(40)21(6)31(41)49-25)50-32-28(48-22(7)38)24(36(10)11)13-18(3)47-32/h17-21,24-25,28-30,32,42H,12-16H2,1-11H3/b35-26+/t17-,18-,19+,20+,21-,24+,25-,28-,29-,30+,32+,33-,34-/m1/s1. The van der Waals surface area contributed by atoms with Crippen molar-refractivity contribution in [2.45, 2.75) is 136 Å². The molecule has 284 valence electrons. The van der Waals surface area contributed by atoms with Crippen LogP contribution in [0, 0.1) is 33.8 Å². The number of ketones is 2. The van der Waals surface area contributed by atoms with Gasteiger partial charge in [-0.25, -0.2) is 10.1 Å². The summed E-state index contributed by atoms with van der Waals surface area (Å²) in [6.07, 6.45) is -5.84. The first-order valence-electron chi connectivity index (χ1n) is 17.3. The maximum Gasteiger partial charge on any atom is 0.316 e. The van der Waals surface area contributed by atoms with Crippen molar-refractivity contribution < 1.29 is 57.7 Å². The van der Waals surface area contributed by atoms with Crippen molar-refractivity contribution in [2.24, 2.45) is 28.8 Å². The van der Waals surface area contributed by atoms with Crippen molar-refractivity contribution >= 4 is 29.2 Å². The quantitative estimate of drug-likeness (QED) is 0.182. The summed E-state index contributed by atoms with van der Waals surface area (Å²) in [5.74, 6) is -6.80. The molecule has 3 heterocycles. The SMILES string of the molecule is CC[C@H]1OC(=O)[C@H](C)C(=O)[C@H](C)[C@@H](O[C@@H]2O[C@H](C)C[C@H](N(C)C)[C@H]2OC(C)=O)[C@@]2(C)C[C@@H](C)/C(=N\[N+](=O)[O-])[C@H](C)[C@H](OCC(=O)CO2)[C@]1(C)O. The third kappa shape index (κ3) is 9.31. The molecule has 3 rings (SSSR count). The van der Waals surface area contributed by atoms with Gasteiger partial charge in [-0.05, 0) is 61.1 Å². The number of ether oxygens (including phenoxy) is 6. The minimum atomic E-state index is -1.98. The van der Waals surface area contributed by atoms with Gasteiger partial charge in [-0.3, -0.25) is 19.2 Å². The van der Waals surface area contributed by atoms with Crippen LogP contribution in [-0.2, 0) is 47.6 Å². The van der Waals surface area contributed by atoms with Gasteiger partial charge in [-0.15, -0.1) is 0 Å². The minimum absolute atomic E-state index is 0.0155. The molecule has 3 saturated heterocycles. The molecular weight excluding hydrogens is 658 g/mol. The fraction of sp³-hybridized carbons (Fsp3) is 0.853. The van der Waals surface area contributed by atoms with Gasteiger partial charge in [0.1, 0.15) is 30.8 Å². The Bertz CT molecular complexity index is 1300. The van der Waals surface area contributed by atoms with E-state index in [4.69, 9.17) is 28.4 Å². The lowest BCUT2D eigenvalue weighted by Crippen LogP contribution is -2.60. The average Bonchev–Trinajstić information content (AvgIpc) is 3.03. The Kier molecular flexibility index (Phi) is 13.8. The monoisotopic (exact) mass is 713 g/mol. The molecule has 0 aliphatic carbocycles. The molecule has 0 radical (unpaired) electrons. The number of hydrogen-bond donors (Lipinski definition) is 1. The van der Waals surface area contributed by atoms with Crippen molar-refractivity contribution in [1.29, 1.82) is 0 Å². The number of likely N-dealkylation sites (N-methyl/N-ethyl adjacent to an activating group) is 1. The molecule has 0 saturated carbocycles. The van der Waals surface area contributed by atoms with Gasteiger partial charge in [0.15, 0.2) is 29.0 Å². The van der Waals surface area contributed by atoms with Gasteiger partial charge in [0.05, 0.1) is 40.8 Å². The second-order valence-electron chi connectivity index (χ2n) is 14.7. The molecule has 0 spiro atoms.